The number of ketones is 2. The average molecular weight is 278 g/mol. The van der Waals surface area contributed by atoms with Gasteiger partial charge in [-0.1, -0.05) is 31.4 Å². The summed E-state index contributed by atoms with van der Waals surface area (Å²) in [6.07, 6.45) is 9.90. The van der Waals surface area contributed by atoms with Crippen LogP contribution >= 0.6 is 0 Å². The van der Waals surface area contributed by atoms with Crippen molar-refractivity contribution >= 4 is 11.6 Å². The van der Waals surface area contributed by atoms with Crippen LogP contribution in [0.3, 0.4) is 0 Å². The van der Waals surface area contributed by atoms with Crippen molar-refractivity contribution in [1.82, 2.24) is 0 Å². The van der Waals surface area contributed by atoms with Gasteiger partial charge in [0.15, 0.2) is 5.78 Å². The van der Waals surface area contributed by atoms with Crippen LogP contribution in [0.2, 0.25) is 0 Å². The number of aliphatic hydroxyl groups excluding tert-OH is 1. The molecule has 0 aromatic rings. The number of terminal acetylenes is 1. The molecule has 0 saturated carbocycles. The van der Waals surface area contributed by atoms with Gasteiger partial charge >= 0.3 is 0 Å². The Morgan fingerprint density at radius 1 is 1.35 bits per heavy atom. The van der Waals surface area contributed by atoms with Crippen LogP contribution < -0.4 is 0 Å². The minimum atomic E-state index is -0.903. The van der Waals surface area contributed by atoms with Crippen LogP contribution in [0.25, 0.3) is 0 Å². The zero-order valence-electron chi connectivity index (χ0n) is 13.0. The number of rotatable bonds is 9. The fourth-order valence-corrected chi connectivity index (χ4v) is 1.78. The summed E-state index contributed by atoms with van der Waals surface area (Å²) in [4.78, 5) is 23.1. The summed E-state index contributed by atoms with van der Waals surface area (Å²) in [5, 5.41) is 8.91. The Balaban J connectivity index is 4.33. The van der Waals surface area contributed by atoms with Crippen LogP contribution in [0.15, 0.2) is 11.6 Å². The third kappa shape index (κ3) is 6.16. The first-order valence-corrected chi connectivity index (χ1v) is 7.07. The lowest BCUT2D eigenvalue weighted by Gasteiger charge is -2.20. The molecule has 112 valence electrons. The van der Waals surface area contributed by atoms with Crippen LogP contribution in [-0.4, -0.2) is 23.3 Å². The molecule has 0 fully saturated rings. The first-order valence-electron chi connectivity index (χ1n) is 7.07. The maximum atomic E-state index is 11.6. The SMILES string of the molecule is C#C[C@@](C)(CC/C=C(\C)CCC(=O)C(C)C)C(=O)CO. The molecule has 0 bridgehead atoms. The predicted molar refractivity (Wildman–Crippen MR) is 81.1 cm³/mol. The molecule has 0 rings (SSSR count). The molecular weight excluding hydrogens is 252 g/mol. The van der Waals surface area contributed by atoms with Crippen molar-refractivity contribution in [3.8, 4) is 12.3 Å². The summed E-state index contributed by atoms with van der Waals surface area (Å²) in [6, 6.07) is 0. The number of hydrogen-bond acceptors (Lipinski definition) is 3. The second-order valence-electron chi connectivity index (χ2n) is 5.77. The molecule has 20 heavy (non-hydrogen) atoms. The predicted octanol–water partition coefficient (Wildman–Crippen LogP) is 2.92. The second-order valence-corrected chi connectivity index (χ2v) is 5.77. The summed E-state index contributed by atoms with van der Waals surface area (Å²) >= 11 is 0. The molecule has 0 amide bonds. The Morgan fingerprint density at radius 3 is 2.40 bits per heavy atom. The van der Waals surface area contributed by atoms with E-state index in [0.717, 1.165) is 12.0 Å². The fraction of sp³-hybridized carbons (Fsp3) is 0.647. The highest BCUT2D eigenvalue weighted by atomic mass is 16.3. The smallest absolute Gasteiger partial charge is 0.175 e. The Morgan fingerprint density at radius 2 is 1.95 bits per heavy atom. The lowest BCUT2D eigenvalue weighted by atomic mass is 9.82. The molecule has 0 aliphatic heterocycles. The number of allylic oxidation sites excluding steroid dienone is 2. The van der Waals surface area contributed by atoms with E-state index in [9.17, 15) is 9.59 Å². The van der Waals surface area contributed by atoms with Crippen molar-refractivity contribution in [3.63, 3.8) is 0 Å². The Hall–Kier alpha value is -1.40. The molecule has 0 heterocycles. The van der Waals surface area contributed by atoms with Crippen molar-refractivity contribution in [3.05, 3.63) is 11.6 Å². The molecule has 0 radical (unpaired) electrons. The van der Waals surface area contributed by atoms with Crippen LogP contribution in [0.1, 0.15) is 53.4 Å². The standard InChI is InChI=1S/C17H26O3/c1-6-17(5,16(20)12-18)11-7-8-14(4)9-10-15(19)13(2)3/h1,8,13,18H,7,9-12H2,2-5H3/b14-8+/t17-/m0/s1. The van der Waals surface area contributed by atoms with Gasteiger partial charge in [-0.25, -0.2) is 0 Å². The molecule has 0 unspecified atom stereocenters. The molecule has 3 heteroatoms. The Labute approximate surface area is 122 Å². The number of Topliss-reactive ketones (excluding diaryl/α,β-unsaturated/α-hetero) is 2. The molecule has 0 spiro atoms. The molecule has 0 aromatic carbocycles. The molecule has 0 aliphatic carbocycles. The van der Waals surface area contributed by atoms with Gasteiger partial charge in [-0.05, 0) is 33.1 Å². The summed E-state index contributed by atoms with van der Waals surface area (Å²) in [5.74, 6) is 2.50. The minimum Gasteiger partial charge on any atom is -0.389 e. The Bertz CT molecular complexity index is 412. The van der Waals surface area contributed by atoms with Gasteiger partial charge in [-0.15, -0.1) is 6.42 Å². The second kappa shape index (κ2) is 8.71. The highest BCUT2D eigenvalue weighted by Crippen LogP contribution is 2.24. The first-order chi connectivity index (χ1) is 9.26. The summed E-state index contributed by atoms with van der Waals surface area (Å²) in [6.45, 7) is 6.94. The largest absolute Gasteiger partial charge is 0.389 e. The van der Waals surface area contributed by atoms with Gasteiger partial charge in [0.1, 0.15) is 12.4 Å². The van der Waals surface area contributed by atoms with Gasteiger partial charge in [0.2, 0.25) is 0 Å². The molecule has 3 nitrogen and oxygen atoms in total. The fourth-order valence-electron chi connectivity index (χ4n) is 1.78. The zero-order chi connectivity index (χ0) is 15.8. The molecule has 0 saturated heterocycles. The van der Waals surface area contributed by atoms with Crippen molar-refractivity contribution in [2.75, 3.05) is 6.61 Å². The zero-order valence-corrected chi connectivity index (χ0v) is 13.0. The summed E-state index contributed by atoms with van der Waals surface area (Å²) in [7, 11) is 0. The van der Waals surface area contributed by atoms with E-state index in [1.807, 2.05) is 26.8 Å². The van der Waals surface area contributed by atoms with Gasteiger partial charge in [-0.3, -0.25) is 9.59 Å². The first kappa shape index (κ1) is 18.6. The summed E-state index contributed by atoms with van der Waals surface area (Å²) < 4.78 is 0. The molecular formula is C17H26O3. The molecule has 1 atom stereocenters. The number of carbonyl (C=O) groups is 2. The third-order valence-electron chi connectivity index (χ3n) is 3.62. The minimum absolute atomic E-state index is 0.0784. The lowest BCUT2D eigenvalue weighted by molar-refractivity contribution is -0.128. The number of aliphatic hydroxyl groups is 1. The topological polar surface area (TPSA) is 54.4 Å². The van der Waals surface area contributed by atoms with Crippen LogP contribution in [-0.2, 0) is 9.59 Å². The average Bonchev–Trinajstić information content (AvgIpc) is 2.43. The van der Waals surface area contributed by atoms with Crippen LogP contribution in [0.4, 0.5) is 0 Å². The van der Waals surface area contributed by atoms with E-state index < -0.39 is 12.0 Å². The van der Waals surface area contributed by atoms with Crippen LogP contribution in [0.5, 0.6) is 0 Å². The molecule has 0 aliphatic rings. The van der Waals surface area contributed by atoms with Crippen molar-refractivity contribution < 1.29 is 14.7 Å². The third-order valence-corrected chi connectivity index (χ3v) is 3.62. The van der Waals surface area contributed by atoms with Crippen molar-refractivity contribution in [1.29, 1.82) is 0 Å². The quantitative estimate of drug-likeness (QED) is 0.521. The summed E-state index contributed by atoms with van der Waals surface area (Å²) in [5.41, 5.74) is 0.231. The van der Waals surface area contributed by atoms with Gasteiger partial charge in [0.05, 0.1) is 5.41 Å². The van der Waals surface area contributed by atoms with Crippen molar-refractivity contribution in [2.45, 2.75) is 53.4 Å². The van der Waals surface area contributed by atoms with Gasteiger partial charge in [-0.2, -0.15) is 0 Å². The van der Waals surface area contributed by atoms with Crippen LogP contribution in [0, 0.1) is 23.7 Å². The number of carbonyl (C=O) groups excluding carboxylic acids is 2. The van der Waals surface area contributed by atoms with Gasteiger partial charge < -0.3 is 5.11 Å². The van der Waals surface area contributed by atoms with E-state index in [4.69, 9.17) is 11.5 Å². The van der Waals surface area contributed by atoms with E-state index in [-0.39, 0.29) is 17.5 Å². The van der Waals surface area contributed by atoms with E-state index >= 15 is 0 Å². The normalized spacial score (nSPS) is 14.8. The van der Waals surface area contributed by atoms with E-state index in [1.165, 1.54) is 0 Å². The number of hydrogen-bond donors (Lipinski definition) is 1. The lowest BCUT2D eigenvalue weighted by Crippen LogP contribution is -2.28. The van der Waals surface area contributed by atoms with E-state index in [1.54, 1.807) is 6.92 Å². The van der Waals surface area contributed by atoms with Gasteiger partial charge in [0, 0.05) is 12.3 Å². The highest BCUT2D eigenvalue weighted by molar-refractivity contribution is 5.88. The maximum absolute atomic E-state index is 11.6. The highest BCUT2D eigenvalue weighted by Gasteiger charge is 2.28. The molecule has 1 N–H and O–H groups in total. The van der Waals surface area contributed by atoms with Gasteiger partial charge in [0.25, 0.3) is 0 Å². The molecule has 0 aromatic heterocycles. The Kier molecular flexibility index (Phi) is 8.10. The van der Waals surface area contributed by atoms with E-state index in [2.05, 4.69) is 5.92 Å². The monoisotopic (exact) mass is 278 g/mol. The maximum Gasteiger partial charge on any atom is 0.175 e. The van der Waals surface area contributed by atoms with Crippen molar-refractivity contribution in [2.24, 2.45) is 11.3 Å². The van der Waals surface area contributed by atoms with E-state index in [0.29, 0.717) is 19.3 Å².